The number of urea groups is 1. The summed E-state index contributed by atoms with van der Waals surface area (Å²) < 4.78 is 5.13. The van der Waals surface area contributed by atoms with E-state index >= 15 is 0 Å². The summed E-state index contributed by atoms with van der Waals surface area (Å²) in [6.07, 6.45) is 1.07. The van der Waals surface area contributed by atoms with Crippen molar-refractivity contribution in [2.45, 2.75) is 25.9 Å². The lowest BCUT2D eigenvalue weighted by atomic mass is 10.2. The predicted molar refractivity (Wildman–Crippen MR) is 100 cm³/mol. The molecular formula is C20H25N3O2. The lowest BCUT2D eigenvalue weighted by Gasteiger charge is -2.27. The second-order valence-corrected chi connectivity index (χ2v) is 6.33. The molecular weight excluding hydrogens is 314 g/mol. The van der Waals surface area contributed by atoms with E-state index in [0.29, 0.717) is 13.1 Å². The molecule has 5 nitrogen and oxygen atoms in total. The first-order valence-electron chi connectivity index (χ1n) is 8.66. The molecule has 1 aliphatic rings. The van der Waals surface area contributed by atoms with Crippen molar-refractivity contribution in [1.82, 2.24) is 10.6 Å². The largest absolute Gasteiger partial charge is 0.497 e. The summed E-state index contributed by atoms with van der Waals surface area (Å²) in [5, 5.41) is 5.86. The minimum Gasteiger partial charge on any atom is -0.497 e. The number of carbonyl (C=O) groups excluding carboxylic acids is 1. The number of fused-ring (bicyclic) bond motifs is 1. The van der Waals surface area contributed by atoms with E-state index in [1.807, 2.05) is 24.3 Å². The van der Waals surface area contributed by atoms with Crippen LogP contribution in [0.25, 0.3) is 0 Å². The van der Waals surface area contributed by atoms with Crippen molar-refractivity contribution < 1.29 is 9.53 Å². The molecule has 0 radical (unpaired) electrons. The first kappa shape index (κ1) is 17.1. The first-order chi connectivity index (χ1) is 12.2. The van der Waals surface area contributed by atoms with Gasteiger partial charge >= 0.3 is 6.03 Å². The highest BCUT2D eigenvalue weighted by Gasteiger charge is 2.22. The van der Waals surface area contributed by atoms with Crippen LogP contribution < -0.4 is 20.3 Å². The number of benzene rings is 2. The molecule has 0 aliphatic carbocycles. The smallest absolute Gasteiger partial charge is 0.315 e. The van der Waals surface area contributed by atoms with Crippen molar-refractivity contribution in [2.24, 2.45) is 0 Å². The van der Waals surface area contributed by atoms with Gasteiger partial charge in [-0.15, -0.1) is 0 Å². The summed E-state index contributed by atoms with van der Waals surface area (Å²) in [6.45, 7) is 4.26. The van der Waals surface area contributed by atoms with Gasteiger partial charge in [0.2, 0.25) is 0 Å². The topological polar surface area (TPSA) is 53.6 Å². The number of nitrogens with zero attached hydrogens (tertiary/aromatic N) is 1. The Morgan fingerprint density at radius 3 is 2.68 bits per heavy atom. The van der Waals surface area contributed by atoms with Crippen molar-refractivity contribution >= 4 is 11.7 Å². The molecule has 0 aromatic heterocycles. The summed E-state index contributed by atoms with van der Waals surface area (Å²) in [7, 11) is 1.64. The average molecular weight is 339 g/mol. The fraction of sp³-hybridized carbons (Fsp3) is 0.350. The number of ether oxygens (including phenoxy) is 1. The van der Waals surface area contributed by atoms with E-state index in [2.05, 4.69) is 46.7 Å². The highest BCUT2D eigenvalue weighted by atomic mass is 16.5. The molecule has 2 N–H and O–H groups in total. The minimum absolute atomic E-state index is 0.143. The van der Waals surface area contributed by atoms with Gasteiger partial charge < -0.3 is 20.3 Å². The molecule has 1 heterocycles. The second-order valence-electron chi connectivity index (χ2n) is 6.33. The van der Waals surface area contributed by atoms with E-state index < -0.39 is 0 Å². The second kappa shape index (κ2) is 7.92. The van der Waals surface area contributed by atoms with E-state index in [1.165, 1.54) is 11.3 Å². The van der Waals surface area contributed by atoms with Gasteiger partial charge in [-0.1, -0.05) is 30.3 Å². The Morgan fingerprint density at radius 1 is 1.16 bits per heavy atom. The molecule has 3 rings (SSSR count). The van der Waals surface area contributed by atoms with Gasteiger partial charge in [-0.3, -0.25) is 0 Å². The fourth-order valence-corrected chi connectivity index (χ4v) is 3.16. The van der Waals surface area contributed by atoms with E-state index in [0.717, 1.165) is 24.3 Å². The number of hydrogen-bond acceptors (Lipinski definition) is 3. The Balaban J connectivity index is 1.44. The molecule has 2 aromatic carbocycles. The Hall–Kier alpha value is -2.69. The van der Waals surface area contributed by atoms with E-state index in [1.54, 1.807) is 7.11 Å². The van der Waals surface area contributed by atoms with Crippen molar-refractivity contribution in [3.63, 3.8) is 0 Å². The molecule has 5 heteroatoms. The lowest BCUT2D eigenvalue weighted by Crippen LogP contribution is -2.44. The van der Waals surface area contributed by atoms with E-state index in [9.17, 15) is 4.79 Å². The lowest BCUT2D eigenvalue weighted by molar-refractivity contribution is 0.240. The fourth-order valence-electron chi connectivity index (χ4n) is 3.16. The van der Waals surface area contributed by atoms with Crippen LogP contribution in [-0.2, 0) is 13.0 Å². The van der Waals surface area contributed by atoms with Gasteiger partial charge in [0.15, 0.2) is 0 Å². The van der Waals surface area contributed by atoms with Crippen molar-refractivity contribution in [3.05, 3.63) is 59.7 Å². The highest BCUT2D eigenvalue weighted by Crippen LogP contribution is 2.28. The van der Waals surface area contributed by atoms with Crippen LogP contribution in [0.5, 0.6) is 5.75 Å². The molecule has 0 saturated carbocycles. The summed E-state index contributed by atoms with van der Waals surface area (Å²) in [6, 6.07) is 16.3. The molecule has 132 valence electrons. The van der Waals surface area contributed by atoms with Crippen LogP contribution in [0.2, 0.25) is 0 Å². The van der Waals surface area contributed by atoms with Gasteiger partial charge in [-0.25, -0.2) is 4.79 Å². The van der Waals surface area contributed by atoms with Crippen LogP contribution in [0.4, 0.5) is 10.5 Å². The molecule has 0 saturated heterocycles. The molecule has 1 aliphatic heterocycles. The van der Waals surface area contributed by atoms with Crippen molar-refractivity contribution in [2.75, 3.05) is 25.1 Å². The summed E-state index contributed by atoms with van der Waals surface area (Å²) in [5.74, 6) is 0.813. The van der Waals surface area contributed by atoms with Gasteiger partial charge in [-0.05, 0) is 42.7 Å². The SMILES string of the molecule is COc1ccc(CNC(=O)NCC(C)N2CCc3ccccc32)cc1. The number of methoxy groups -OCH3 is 1. The number of rotatable bonds is 6. The molecule has 2 amide bonds. The van der Waals surface area contributed by atoms with Crippen molar-refractivity contribution in [1.29, 1.82) is 0 Å². The Kier molecular flexibility index (Phi) is 5.43. The van der Waals surface area contributed by atoms with Gasteiger partial charge in [0.05, 0.1) is 7.11 Å². The summed E-state index contributed by atoms with van der Waals surface area (Å²) >= 11 is 0. The maximum atomic E-state index is 12.0. The maximum Gasteiger partial charge on any atom is 0.315 e. The van der Waals surface area contributed by atoms with Crippen LogP contribution in [0.15, 0.2) is 48.5 Å². The maximum absolute atomic E-state index is 12.0. The van der Waals surface area contributed by atoms with Crippen LogP contribution in [0, 0.1) is 0 Å². The monoisotopic (exact) mass is 339 g/mol. The summed E-state index contributed by atoms with van der Waals surface area (Å²) in [4.78, 5) is 14.4. The zero-order valence-corrected chi connectivity index (χ0v) is 14.8. The zero-order valence-electron chi connectivity index (χ0n) is 14.8. The Bertz CT molecular complexity index is 715. The van der Waals surface area contributed by atoms with Crippen molar-refractivity contribution in [3.8, 4) is 5.75 Å². The number of hydrogen-bond donors (Lipinski definition) is 2. The number of para-hydroxylation sites is 1. The first-order valence-corrected chi connectivity index (χ1v) is 8.66. The normalized spacial score (nSPS) is 13.9. The third-order valence-corrected chi connectivity index (χ3v) is 4.63. The number of anilines is 1. The third kappa shape index (κ3) is 4.24. The Labute approximate surface area is 149 Å². The Morgan fingerprint density at radius 2 is 1.92 bits per heavy atom. The third-order valence-electron chi connectivity index (χ3n) is 4.63. The average Bonchev–Trinajstić information content (AvgIpc) is 3.09. The summed E-state index contributed by atoms with van der Waals surface area (Å²) in [5.41, 5.74) is 3.71. The quantitative estimate of drug-likeness (QED) is 0.851. The van der Waals surface area contributed by atoms with Gasteiger partial charge in [-0.2, -0.15) is 0 Å². The predicted octanol–water partition coefficient (Wildman–Crippen LogP) is 2.95. The van der Waals surface area contributed by atoms with Crippen LogP contribution in [0.3, 0.4) is 0 Å². The molecule has 2 aromatic rings. The van der Waals surface area contributed by atoms with Gasteiger partial charge in [0.25, 0.3) is 0 Å². The zero-order chi connectivity index (χ0) is 17.6. The molecule has 0 bridgehead atoms. The van der Waals surface area contributed by atoms with Gasteiger partial charge in [0, 0.05) is 31.4 Å². The van der Waals surface area contributed by atoms with E-state index in [4.69, 9.17) is 4.74 Å². The van der Waals surface area contributed by atoms with Crippen LogP contribution >= 0.6 is 0 Å². The molecule has 0 fully saturated rings. The molecule has 0 spiro atoms. The number of nitrogens with one attached hydrogen (secondary N) is 2. The van der Waals surface area contributed by atoms with Crippen LogP contribution in [0.1, 0.15) is 18.1 Å². The van der Waals surface area contributed by atoms with E-state index in [-0.39, 0.29) is 12.1 Å². The molecule has 1 atom stereocenters. The number of amides is 2. The van der Waals surface area contributed by atoms with Crippen LogP contribution in [-0.4, -0.2) is 32.3 Å². The minimum atomic E-state index is -0.143. The highest BCUT2D eigenvalue weighted by molar-refractivity contribution is 5.74. The molecule has 25 heavy (non-hydrogen) atoms. The van der Waals surface area contributed by atoms with Gasteiger partial charge in [0.1, 0.15) is 5.75 Å². The molecule has 1 unspecified atom stereocenters. The standard InChI is InChI=1S/C20H25N3O2/c1-15(23-12-11-17-5-3-4-6-19(17)23)13-21-20(24)22-14-16-7-9-18(25-2)10-8-16/h3-10,15H,11-14H2,1-2H3,(H2,21,22,24). The number of carbonyl (C=O) groups is 1.